The van der Waals surface area contributed by atoms with Gasteiger partial charge in [-0.1, -0.05) is 35.9 Å². The summed E-state index contributed by atoms with van der Waals surface area (Å²) in [6.45, 7) is 7.16. The molecule has 1 aromatic carbocycles. The second kappa shape index (κ2) is 12.7. The average molecular weight is 560 g/mol. The second-order valence-corrected chi connectivity index (χ2v) is 8.55. The first-order valence-electron chi connectivity index (χ1n) is 10.7. The Labute approximate surface area is 208 Å². The van der Waals surface area contributed by atoms with Crippen LogP contribution in [0.4, 0.5) is 0 Å². The number of piperidine rings is 1. The Morgan fingerprint density at radius 1 is 1.23 bits per heavy atom. The topological polar surface area (TPSA) is 56.0 Å². The standard InChI is InChI=1S/C23H34ClN5O.HI/c1-4-25-23(28(3)17-21-13-20(24)16-27(21)2)26-14-18-5-7-19(8-6-18)15-29-11-9-22(30)10-12-29;/h5-8,13,16,22,30H,4,9-12,14-15,17H2,1-3H3,(H,25,26);1H. The predicted octanol–water partition coefficient (Wildman–Crippen LogP) is 3.85. The number of nitrogens with zero attached hydrogens (tertiary/aromatic N) is 4. The third-order valence-corrected chi connectivity index (χ3v) is 5.77. The number of nitrogens with one attached hydrogen (secondary N) is 1. The average Bonchev–Trinajstić information content (AvgIpc) is 3.04. The molecule has 0 saturated carbocycles. The van der Waals surface area contributed by atoms with E-state index in [1.165, 1.54) is 11.1 Å². The van der Waals surface area contributed by atoms with E-state index in [-0.39, 0.29) is 30.1 Å². The highest BCUT2D eigenvalue weighted by molar-refractivity contribution is 14.0. The molecule has 0 unspecified atom stereocenters. The SMILES string of the molecule is CCNC(=NCc1ccc(CN2CCC(O)CC2)cc1)N(C)Cc1cc(Cl)cn1C.I. The van der Waals surface area contributed by atoms with Gasteiger partial charge in [-0.3, -0.25) is 4.90 Å². The monoisotopic (exact) mass is 559 g/mol. The van der Waals surface area contributed by atoms with Gasteiger partial charge in [0.1, 0.15) is 0 Å². The maximum absolute atomic E-state index is 9.65. The van der Waals surface area contributed by atoms with Crippen molar-refractivity contribution in [3.8, 4) is 0 Å². The summed E-state index contributed by atoms with van der Waals surface area (Å²) in [5.74, 6) is 0.880. The van der Waals surface area contributed by atoms with Crippen molar-refractivity contribution in [2.45, 2.75) is 45.5 Å². The molecule has 8 heteroatoms. The highest BCUT2D eigenvalue weighted by Gasteiger charge is 2.16. The lowest BCUT2D eigenvalue weighted by atomic mass is 10.1. The summed E-state index contributed by atoms with van der Waals surface area (Å²) in [5.41, 5.74) is 3.64. The van der Waals surface area contributed by atoms with Gasteiger partial charge in [0.2, 0.25) is 0 Å². The molecule has 1 saturated heterocycles. The van der Waals surface area contributed by atoms with Crippen LogP contribution in [0, 0.1) is 0 Å². The van der Waals surface area contributed by atoms with Gasteiger partial charge in [-0.25, -0.2) is 4.99 Å². The molecule has 0 amide bonds. The number of aliphatic imine (C=N–C) groups is 1. The predicted molar refractivity (Wildman–Crippen MR) is 139 cm³/mol. The molecule has 1 aliphatic heterocycles. The van der Waals surface area contributed by atoms with Crippen LogP contribution in [0.15, 0.2) is 41.5 Å². The Morgan fingerprint density at radius 3 is 2.45 bits per heavy atom. The lowest BCUT2D eigenvalue weighted by Gasteiger charge is -2.29. The molecule has 3 rings (SSSR count). The summed E-state index contributed by atoms with van der Waals surface area (Å²) in [6, 6.07) is 10.7. The summed E-state index contributed by atoms with van der Waals surface area (Å²) in [7, 11) is 4.05. The van der Waals surface area contributed by atoms with Crippen LogP contribution in [0.1, 0.15) is 36.6 Å². The minimum atomic E-state index is -0.121. The van der Waals surface area contributed by atoms with Crippen molar-refractivity contribution in [2.75, 3.05) is 26.7 Å². The number of rotatable bonds is 7. The zero-order chi connectivity index (χ0) is 21.5. The number of hydrogen-bond acceptors (Lipinski definition) is 3. The largest absolute Gasteiger partial charge is 0.393 e. The van der Waals surface area contributed by atoms with Gasteiger partial charge < -0.3 is 19.9 Å². The van der Waals surface area contributed by atoms with E-state index in [2.05, 4.69) is 46.3 Å². The van der Waals surface area contributed by atoms with Crippen LogP contribution in [-0.2, 0) is 26.7 Å². The fourth-order valence-electron chi connectivity index (χ4n) is 3.76. The van der Waals surface area contributed by atoms with Gasteiger partial charge in [0.25, 0.3) is 0 Å². The van der Waals surface area contributed by atoms with Crippen molar-refractivity contribution in [1.82, 2.24) is 19.7 Å². The number of aryl methyl sites for hydroxylation is 1. The Hall–Kier alpha value is -1.29. The molecule has 0 aliphatic carbocycles. The van der Waals surface area contributed by atoms with Crippen LogP contribution in [0.5, 0.6) is 0 Å². The van der Waals surface area contributed by atoms with Crippen LogP contribution >= 0.6 is 35.6 Å². The molecule has 2 aromatic rings. The summed E-state index contributed by atoms with van der Waals surface area (Å²) in [6.07, 6.45) is 3.55. The van der Waals surface area contributed by atoms with Crippen LogP contribution in [-0.4, -0.2) is 58.2 Å². The molecule has 0 atom stereocenters. The van der Waals surface area contributed by atoms with E-state index in [0.29, 0.717) is 6.54 Å². The van der Waals surface area contributed by atoms with Crippen molar-refractivity contribution < 1.29 is 5.11 Å². The molecule has 1 aliphatic rings. The molecule has 31 heavy (non-hydrogen) atoms. The van der Waals surface area contributed by atoms with Gasteiger partial charge in [-0.15, -0.1) is 24.0 Å². The van der Waals surface area contributed by atoms with Gasteiger partial charge in [-0.05, 0) is 37.0 Å². The molecule has 1 fully saturated rings. The number of benzene rings is 1. The molecule has 2 heterocycles. The van der Waals surface area contributed by atoms with E-state index in [1.807, 2.05) is 30.9 Å². The smallest absolute Gasteiger partial charge is 0.194 e. The summed E-state index contributed by atoms with van der Waals surface area (Å²) < 4.78 is 2.05. The van der Waals surface area contributed by atoms with E-state index in [4.69, 9.17) is 16.6 Å². The van der Waals surface area contributed by atoms with E-state index in [9.17, 15) is 5.11 Å². The van der Waals surface area contributed by atoms with Crippen LogP contribution < -0.4 is 5.32 Å². The molecule has 0 spiro atoms. The minimum Gasteiger partial charge on any atom is -0.393 e. The van der Waals surface area contributed by atoms with Crippen molar-refractivity contribution in [2.24, 2.45) is 12.0 Å². The lowest BCUT2D eigenvalue weighted by molar-refractivity contribution is 0.0792. The van der Waals surface area contributed by atoms with E-state index >= 15 is 0 Å². The summed E-state index contributed by atoms with van der Waals surface area (Å²) in [4.78, 5) is 9.35. The molecule has 172 valence electrons. The number of aromatic nitrogens is 1. The first-order chi connectivity index (χ1) is 14.4. The van der Waals surface area contributed by atoms with Crippen LogP contribution in [0.3, 0.4) is 0 Å². The molecule has 6 nitrogen and oxygen atoms in total. The van der Waals surface area contributed by atoms with Crippen molar-refractivity contribution >= 4 is 41.5 Å². The van der Waals surface area contributed by atoms with Gasteiger partial charge >= 0.3 is 0 Å². The second-order valence-electron chi connectivity index (χ2n) is 8.11. The Balaban J connectivity index is 0.00000341. The normalized spacial score (nSPS) is 15.6. The number of halogens is 2. The van der Waals surface area contributed by atoms with E-state index in [1.54, 1.807) is 0 Å². The first kappa shape index (κ1) is 26.0. The maximum atomic E-state index is 9.65. The van der Waals surface area contributed by atoms with Crippen LogP contribution in [0.25, 0.3) is 0 Å². The minimum absolute atomic E-state index is 0. The highest BCUT2D eigenvalue weighted by Crippen LogP contribution is 2.16. The fraction of sp³-hybridized carbons (Fsp3) is 0.522. The lowest BCUT2D eigenvalue weighted by Crippen LogP contribution is -2.38. The molecule has 1 aromatic heterocycles. The highest BCUT2D eigenvalue weighted by atomic mass is 127. The first-order valence-corrected chi connectivity index (χ1v) is 11.1. The Morgan fingerprint density at radius 2 is 1.87 bits per heavy atom. The number of hydrogen-bond donors (Lipinski definition) is 2. The molecular formula is C23H35ClIN5O. The molecule has 0 radical (unpaired) electrons. The third-order valence-electron chi connectivity index (χ3n) is 5.57. The Bertz CT molecular complexity index is 831. The van der Waals surface area contributed by atoms with Gasteiger partial charge in [-0.2, -0.15) is 0 Å². The third kappa shape index (κ3) is 7.97. The van der Waals surface area contributed by atoms with Crippen LogP contribution in [0.2, 0.25) is 5.02 Å². The quantitative estimate of drug-likeness (QED) is 0.307. The zero-order valence-electron chi connectivity index (χ0n) is 18.7. The number of aliphatic hydroxyl groups excluding tert-OH is 1. The van der Waals surface area contributed by atoms with Gasteiger partial charge in [0, 0.05) is 52.2 Å². The Kier molecular flexibility index (Phi) is 10.6. The van der Waals surface area contributed by atoms with Crippen molar-refractivity contribution in [3.63, 3.8) is 0 Å². The molecule has 2 N–H and O–H groups in total. The summed E-state index contributed by atoms with van der Waals surface area (Å²) in [5, 5.41) is 13.8. The molecule has 0 bridgehead atoms. The van der Waals surface area contributed by atoms with Gasteiger partial charge in [0.15, 0.2) is 5.96 Å². The molecular weight excluding hydrogens is 525 g/mol. The van der Waals surface area contributed by atoms with E-state index in [0.717, 1.165) is 62.2 Å². The maximum Gasteiger partial charge on any atom is 0.194 e. The number of likely N-dealkylation sites (tertiary alicyclic amines) is 1. The van der Waals surface area contributed by atoms with E-state index < -0.39 is 0 Å². The van der Waals surface area contributed by atoms with Crippen molar-refractivity contribution in [1.29, 1.82) is 0 Å². The number of aliphatic hydroxyl groups is 1. The number of guanidine groups is 1. The fourth-order valence-corrected chi connectivity index (χ4v) is 4.04. The zero-order valence-corrected chi connectivity index (χ0v) is 21.8. The van der Waals surface area contributed by atoms with Gasteiger partial charge in [0.05, 0.1) is 24.2 Å². The van der Waals surface area contributed by atoms with Crippen molar-refractivity contribution in [3.05, 3.63) is 58.4 Å². The summed E-state index contributed by atoms with van der Waals surface area (Å²) >= 11 is 6.11.